The Balaban J connectivity index is 0.875. The molecule has 3 aliphatic rings. The predicted octanol–water partition coefficient (Wildman–Crippen LogP) is 7.50. The smallest absolute Gasteiger partial charge is 0.407 e. The molecule has 3 aromatic heterocycles. The van der Waals surface area contributed by atoms with E-state index in [0.29, 0.717) is 50.5 Å². The van der Waals surface area contributed by atoms with Gasteiger partial charge in [0.2, 0.25) is 5.91 Å². The van der Waals surface area contributed by atoms with Crippen LogP contribution < -0.4 is 10.6 Å². The van der Waals surface area contributed by atoms with Crippen LogP contribution in [-0.4, -0.2) is 105 Å². The van der Waals surface area contributed by atoms with Gasteiger partial charge in [0.1, 0.15) is 23.7 Å². The van der Waals surface area contributed by atoms with Crippen molar-refractivity contribution in [3.63, 3.8) is 0 Å². The largest absolute Gasteiger partial charge is 0.453 e. The van der Waals surface area contributed by atoms with Gasteiger partial charge in [0.05, 0.1) is 50.1 Å². The molecule has 65 heavy (non-hydrogen) atoms. The molecule has 336 valence electrons. The monoisotopic (exact) mass is 879 g/mol. The van der Waals surface area contributed by atoms with Crippen molar-refractivity contribution < 1.29 is 33.4 Å². The van der Waals surface area contributed by atoms with Crippen molar-refractivity contribution in [2.75, 3.05) is 40.5 Å². The predicted molar refractivity (Wildman–Crippen MR) is 242 cm³/mol. The fraction of sp³-hybridized carbons (Fsp3) is 0.367. The van der Waals surface area contributed by atoms with Gasteiger partial charge in [-0.2, -0.15) is 0 Å². The molecule has 16 heteroatoms. The second-order valence-electron chi connectivity index (χ2n) is 17.2. The van der Waals surface area contributed by atoms with E-state index < -0.39 is 24.3 Å². The van der Waals surface area contributed by atoms with Crippen LogP contribution in [0.3, 0.4) is 0 Å². The zero-order chi connectivity index (χ0) is 45.0. The van der Waals surface area contributed by atoms with Crippen LogP contribution >= 0.6 is 0 Å². The molecule has 5 atom stereocenters. The Labute approximate surface area is 376 Å². The van der Waals surface area contributed by atoms with E-state index in [0.717, 1.165) is 69.5 Å². The number of ether oxygens (including phenoxy) is 3. The molecular weight excluding hydrogens is 827 g/mol. The minimum atomic E-state index is -0.956. The minimum absolute atomic E-state index is 0.0325. The zero-order valence-corrected chi connectivity index (χ0v) is 36.7. The third-order valence-corrected chi connectivity index (χ3v) is 13.0. The number of alkyl carbamates (subject to hydrolysis) is 2. The van der Waals surface area contributed by atoms with Gasteiger partial charge in [-0.25, -0.2) is 19.6 Å². The topological polar surface area (TPSA) is 197 Å². The molecule has 4 N–H and O–H groups in total. The number of methoxy groups -OCH3 is 2. The number of nitrogens with one attached hydrogen (secondary N) is 4. The fourth-order valence-corrected chi connectivity index (χ4v) is 9.58. The third kappa shape index (κ3) is 9.16. The van der Waals surface area contributed by atoms with Crippen LogP contribution in [0.15, 0.2) is 97.6 Å². The third-order valence-electron chi connectivity index (χ3n) is 13.0. The van der Waals surface area contributed by atoms with Crippen molar-refractivity contribution in [2.24, 2.45) is 11.8 Å². The first-order valence-electron chi connectivity index (χ1n) is 22.2. The van der Waals surface area contributed by atoms with Crippen molar-refractivity contribution in [3.8, 4) is 33.6 Å². The lowest BCUT2D eigenvalue weighted by Crippen LogP contribution is -2.53. The van der Waals surface area contributed by atoms with Crippen molar-refractivity contribution in [2.45, 2.75) is 63.2 Å². The van der Waals surface area contributed by atoms with Crippen molar-refractivity contribution >= 4 is 34.8 Å². The van der Waals surface area contributed by atoms with E-state index in [-0.39, 0.29) is 35.7 Å². The number of aromatic nitrogens is 5. The molecule has 0 saturated carbocycles. The molecule has 1 unspecified atom stereocenters. The van der Waals surface area contributed by atoms with Crippen LogP contribution in [0.2, 0.25) is 0 Å². The van der Waals surface area contributed by atoms with Gasteiger partial charge in [-0.15, -0.1) is 0 Å². The van der Waals surface area contributed by atoms with Crippen LogP contribution in [0.4, 0.5) is 9.59 Å². The van der Waals surface area contributed by atoms with Gasteiger partial charge in [-0.05, 0) is 89.6 Å². The van der Waals surface area contributed by atoms with Gasteiger partial charge >= 0.3 is 12.2 Å². The van der Waals surface area contributed by atoms with Crippen LogP contribution in [0.25, 0.3) is 44.4 Å². The van der Waals surface area contributed by atoms with E-state index in [4.69, 9.17) is 24.2 Å². The second-order valence-corrected chi connectivity index (χ2v) is 17.2. The molecule has 0 radical (unpaired) electrons. The van der Waals surface area contributed by atoms with Gasteiger partial charge in [0, 0.05) is 49.8 Å². The maximum Gasteiger partial charge on any atom is 0.407 e. The van der Waals surface area contributed by atoms with Crippen LogP contribution in [0, 0.1) is 11.8 Å². The van der Waals surface area contributed by atoms with E-state index in [1.54, 1.807) is 35.6 Å². The molecule has 6 heterocycles. The molecule has 16 nitrogen and oxygen atoms in total. The SMILES string of the molecule is COC(=O)NC(C(=O)N1C[C@H](C)C[C@H]1c1ncc(-c2ccc(-c3ccc4cc(-c5cnc([C@@H]6CCCN6C(=O)[C@@H](NC(=O)OC)C6CCOCC6)[nH]5)ccc4c3)cc2)[nH]1)c1cccnc1. The number of rotatable bonds is 11. The van der Waals surface area contributed by atoms with Crippen molar-refractivity contribution in [1.29, 1.82) is 0 Å². The standard InChI is InChI=1S/C49H53N9O7/c1-29-22-41(58(28-29)47(60)43(56-49(62)64-3)37-6-4-18-50-25-37)45-52-26-38(53-45)31-10-8-30(9-11-31)33-12-13-35-24-36(15-14-34(35)23-33)39-27-51-44(54-39)40-7-5-19-57(40)46(59)42(55-48(61)63-2)32-16-20-65-21-17-32/h4,6,8-15,18,23-27,29,32,40-43H,5,7,16-17,19-22,28H2,1-3H3,(H,51,54)(H,52,53)(H,55,61)(H,56,62)/t29-,40+,41+,42+,43?/m1/s1. The Hall–Kier alpha value is -7.07. The molecular formula is C49H53N9O7. The molecule has 0 aliphatic carbocycles. The number of aromatic amines is 2. The molecule has 0 bridgehead atoms. The first-order valence-corrected chi connectivity index (χ1v) is 22.2. The maximum absolute atomic E-state index is 14.1. The number of carbonyl (C=O) groups excluding carboxylic acids is 4. The molecule has 4 amide bonds. The normalized spacial score (nSPS) is 19.8. The Bertz CT molecular complexity index is 2660. The average molecular weight is 880 g/mol. The number of likely N-dealkylation sites (tertiary alicyclic amines) is 2. The number of nitrogens with zero attached hydrogens (tertiary/aromatic N) is 5. The van der Waals surface area contributed by atoms with Crippen LogP contribution in [0.1, 0.15) is 74.4 Å². The second kappa shape index (κ2) is 19.0. The van der Waals surface area contributed by atoms with Gasteiger partial charge in [0.15, 0.2) is 0 Å². The summed E-state index contributed by atoms with van der Waals surface area (Å²) in [6.07, 6.45) is 9.22. The Morgan fingerprint density at radius 3 is 2.05 bits per heavy atom. The lowest BCUT2D eigenvalue weighted by molar-refractivity contribution is -0.137. The molecule has 9 rings (SSSR count). The van der Waals surface area contributed by atoms with Crippen molar-refractivity contribution in [3.05, 3.63) is 115 Å². The summed E-state index contributed by atoms with van der Waals surface area (Å²) in [4.78, 5) is 77.0. The van der Waals surface area contributed by atoms with Crippen molar-refractivity contribution in [1.82, 2.24) is 45.4 Å². The number of fused-ring (bicyclic) bond motifs is 1. The van der Waals surface area contributed by atoms with E-state index >= 15 is 0 Å². The summed E-state index contributed by atoms with van der Waals surface area (Å²) in [5, 5.41) is 7.69. The van der Waals surface area contributed by atoms with Crippen LogP contribution in [-0.2, 0) is 23.8 Å². The fourth-order valence-electron chi connectivity index (χ4n) is 9.58. The van der Waals surface area contributed by atoms with E-state index in [9.17, 15) is 19.2 Å². The Morgan fingerprint density at radius 2 is 1.35 bits per heavy atom. The Morgan fingerprint density at radius 1 is 0.723 bits per heavy atom. The van der Waals surface area contributed by atoms with Crippen LogP contribution in [0.5, 0.6) is 0 Å². The molecule has 3 saturated heterocycles. The minimum Gasteiger partial charge on any atom is -0.453 e. The first-order chi connectivity index (χ1) is 31.7. The lowest BCUT2D eigenvalue weighted by atomic mass is 9.90. The highest BCUT2D eigenvalue weighted by atomic mass is 16.5. The van der Waals surface area contributed by atoms with Gasteiger partial charge in [-0.3, -0.25) is 14.6 Å². The van der Waals surface area contributed by atoms with Gasteiger partial charge in [-0.1, -0.05) is 61.5 Å². The number of H-pyrrole nitrogens is 2. The summed E-state index contributed by atoms with van der Waals surface area (Å²) in [7, 11) is 2.58. The summed E-state index contributed by atoms with van der Waals surface area (Å²) >= 11 is 0. The lowest BCUT2D eigenvalue weighted by Gasteiger charge is -2.34. The van der Waals surface area contributed by atoms with E-state index in [1.807, 2.05) is 11.1 Å². The van der Waals surface area contributed by atoms with Gasteiger partial charge in [0.25, 0.3) is 5.91 Å². The Kier molecular flexibility index (Phi) is 12.6. The first kappa shape index (κ1) is 43.2. The molecule has 3 aromatic carbocycles. The maximum atomic E-state index is 14.1. The highest BCUT2D eigenvalue weighted by molar-refractivity contribution is 5.91. The quantitative estimate of drug-likeness (QED) is 0.101. The summed E-state index contributed by atoms with van der Waals surface area (Å²) in [6.45, 7) is 4.32. The molecule has 3 aliphatic heterocycles. The molecule has 0 spiro atoms. The summed E-state index contributed by atoms with van der Waals surface area (Å²) in [5.41, 5.74) is 6.36. The highest BCUT2D eigenvalue weighted by Crippen LogP contribution is 2.38. The number of imidazole rings is 2. The van der Waals surface area contributed by atoms with E-state index in [2.05, 4.69) is 93.2 Å². The zero-order valence-electron chi connectivity index (χ0n) is 36.7. The molecule has 6 aromatic rings. The average Bonchev–Trinajstić information content (AvgIpc) is 4.20. The number of hydrogen-bond acceptors (Lipinski definition) is 10. The number of carbonyl (C=O) groups is 4. The number of pyridine rings is 1. The van der Waals surface area contributed by atoms with Gasteiger partial charge < -0.3 is 44.6 Å². The number of amides is 4. The summed E-state index contributed by atoms with van der Waals surface area (Å²) in [6, 6.07) is 22.4. The summed E-state index contributed by atoms with van der Waals surface area (Å²) < 4.78 is 15.3. The highest BCUT2D eigenvalue weighted by Gasteiger charge is 2.41. The number of benzene rings is 3. The summed E-state index contributed by atoms with van der Waals surface area (Å²) in [5.74, 6) is 1.23. The number of hydrogen-bond donors (Lipinski definition) is 4. The molecule has 3 fully saturated rings. The van der Waals surface area contributed by atoms with E-state index in [1.165, 1.54) is 14.2 Å².